The summed E-state index contributed by atoms with van der Waals surface area (Å²) in [4.78, 5) is 32.3. The lowest BCUT2D eigenvalue weighted by Gasteiger charge is -2.57. The molecule has 58 heavy (non-hydrogen) atoms. The molecule has 0 aliphatic carbocycles. The predicted octanol–water partition coefficient (Wildman–Crippen LogP) is 8.37. The van der Waals surface area contributed by atoms with Gasteiger partial charge in [-0.05, 0) is 148 Å². The van der Waals surface area contributed by atoms with Crippen molar-refractivity contribution in [3.63, 3.8) is 0 Å². The topological polar surface area (TPSA) is 98.6 Å². The standard InChI is InChI=1S/C47H91N9O2/c1-17-20-23-52(36-30-42(4,5)51(16)43(6,7)31-36)39-48-40(53(24-21-18-2)37-32-44(8,9)55(26-28-57)45(10,11)33-37)50-41(49-39)54(25-22-19-3)38-34-46(12,13)56(27-29-58)47(14,15)35-38/h36-38,57-58H,17-35H2,1-16H3. The van der Waals surface area contributed by atoms with Crippen LogP contribution in [-0.2, 0) is 0 Å². The summed E-state index contributed by atoms with van der Waals surface area (Å²) in [5, 5.41) is 20.3. The maximum Gasteiger partial charge on any atom is 0.232 e. The number of aliphatic hydroxyl groups excluding tert-OH is 2. The van der Waals surface area contributed by atoms with Gasteiger partial charge in [-0.3, -0.25) is 14.7 Å². The van der Waals surface area contributed by atoms with Crippen LogP contribution in [0.15, 0.2) is 0 Å². The first-order chi connectivity index (χ1) is 26.9. The Bertz CT molecular complexity index is 1310. The molecule has 0 bridgehead atoms. The summed E-state index contributed by atoms with van der Waals surface area (Å²) in [6, 6.07) is 0.773. The molecule has 3 aliphatic rings. The maximum atomic E-state index is 10.1. The zero-order valence-electron chi connectivity index (χ0n) is 40.6. The third kappa shape index (κ3) is 11.0. The molecular weight excluding hydrogens is 723 g/mol. The van der Waals surface area contributed by atoms with E-state index >= 15 is 0 Å². The van der Waals surface area contributed by atoms with Crippen molar-refractivity contribution in [1.82, 2.24) is 29.7 Å². The first-order valence-electron chi connectivity index (χ1n) is 23.5. The van der Waals surface area contributed by atoms with Crippen LogP contribution >= 0.6 is 0 Å². The molecule has 0 spiro atoms. The highest BCUT2D eigenvalue weighted by Crippen LogP contribution is 2.44. The van der Waals surface area contributed by atoms with E-state index in [1.165, 1.54) is 0 Å². The predicted molar refractivity (Wildman–Crippen MR) is 245 cm³/mol. The molecule has 11 nitrogen and oxygen atoms in total. The number of rotatable bonds is 19. The molecule has 2 N–H and O–H groups in total. The molecule has 1 aromatic heterocycles. The minimum atomic E-state index is -0.108. The van der Waals surface area contributed by atoms with Crippen LogP contribution in [-0.4, -0.2) is 144 Å². The number of piperidine rings is 3. The van der Waals surface area contributed by atoms with Gasteiger partial charge in [0.05, 0.1) is 13.2 Å². The number of unbranched alkanes of at least 4 members (excludes halogenated alkanes) is 3. The third-order valence-electron chi connectivity index (χ3n) is 14.7. The number of nitrogens with zero attached hydrogens (tertiary/aromatic N) is 9. The van der Waals surface area contributed by atoms with Crippen LogP contribution in [0, 0.1) is 0 Å². The average Bonchev–Trinajstić information content (AvgIpc) is 3.10. The van der Waals surface area contributed by atoms with Crippen molar-refractivity contribution in [3.05, 3.63) is 0 Å². The molecule has 0 atom stereocenters. The number of anilines is 3. The Morgan fingerprint density at radius 1 is 0.466 bits per heavy atom. The number of aromatic nitrogens is 3. The molecular formula is C47H91N9O2. The molecule has 3 aliphatic heterocycles. The molecule has 4 heterocycles. The molecule has 0 aromatic carbocycles. The normalized spacial score (nSPS) is 23.9. The van der Waals surface area contributed by atoms with E-state index in [9.17, 15) is 10.2 Å². The van der Waals surface area contributed by atoms with Gasteiger partial charge in [0.25, 0.3) is 0 Å². The summed E-state index contributed by atoms with van der Waals surface area (Å²) in [6.45, 7) is 39.7. The first kappa shape index (κ1) is 48.9. The lowest BCUT2D eigenvalue weighted by molar-refractivity contribution is -0.0449. The van der Waals surface area contributed by atoms with Gasteiger partial charge >= 0.3 is 0 Å². The van der Waals surface area contributed by atoms with Crippen molar-refractivity contribution in [2.75, 3.05) is 67.7 Å². The molecule has 3 fully saturated rings. The Balaban J connectivity index is 1.97. The second-order valence-electron chi connectivity index (χ2n) is 22.2. The molecule has 0 radical (unpaired) electrons. The molecule has 0 unspecified atom stereocenters. The molecule has 1 aromatic rings. The van der Waals surface area contributed by atoms with Crippen LogP contribution in [0.25, 0.3) is 0 Å². The smallest absolute Gasteiger partial charge is 0.232 e. The van der Waals surface area contributed by atoms with Crippen LogP contribution in [0.2, 0.25) is 0 Å². The zero-order chi connectivity index (χ0) is 43.5. The second kappa shape index (κ2) is 19.1. The Morgan fingerprint density at radius 3 is 0.931 bits per heavy atom. The SMILES string of the molecule is CCCCN(c1nc(N(CCCC)C2CC(C)(C)N(CCO)C(C)(C)C2)nc(N(CCCC)C2CC(C)(C)N(CCO)C(C)(C)C2)n1)C1CC(C)(C)N(C)C(C)(C)C1. The molecule has 0 amide bonds. The van der Waals surface area contributed by atoms with Gasteiger partial charge in [0, 0.05) is 84.1 Å². The molecule has 4 rings (SSSR count). The fraction of sp³-hybridized carbons (Fsp3) is 0.936. The quantitative estimate of drug-likeness (QED) is 0.141. The molecule has 3 saturated heterocycles. The van der Waals surface area contributed by atoms with Crippen molar-refractivity contribution in [2.45, 2.75) is 232 Å². The molecule has 0 saturated carbocycles. The summed E-state index contributed by atoms with van der Waals surface area (Å²) in [6.07, 6.45) is 12.5. The van der Waals surface area contributed by atoms with Gasteiger partial charge in [-0.2, -0.15) is 15.0 Å². The van der Waals surface area contributed by atoms with Crippen LogP contribution in [0.1, 0.15) is 181 Å². The van der Waals surface area contributed by atoms with Crippen molar-refractivity contribution < 1.29 is 10.2 Å². The minimum Gasteiger partial charge on any atom is -0.395 e. The summed E-state index contributed by atoms with van der Waals surface area (Å²) in [5.74, 6) is 2.49. The number of hydrogen-bond donors (Lipinski definition) is 2. The number of hydrogen-bond acceptors (Lipinski definition) is 11. The van der Waals surface area contributed by atoms with Crippen LogP contribution in [0.5, 0.6) is 0 Å². The van der Waals surface area contributed by atoms with Gasteiger partial charge in [0.2, 0.25) is 17.8 Å². The fourth-order valence-corrected chi connectivity index (χ4v) is 12.0. The van der Waals surface area contributed by atoms with E-state index < -0.39 is 0 Å². The minimum absolute atomic E-state index is 0.0231. The summed E-state index contributed by atoms with van der Waals surface area (Å²) in [5.41, 5.74) is -0.384. The van der Waals surface area contributed by atoms with E-state index in [0.717, 1.165) is 115 Å². The first-order valence-corrected chi connectivity index (χ1v) is 23.5. The summed E-state index contributed by atoms with van der Waals surface area (Å²) >= 11 is 0. The van der Waals surface area contributed by atoms with Gasteiger partial charge in [-0.15, -0.1) is 0 Å². The van der Waals surface area contributed by atoms with E-state index in [1.807, 2.05) is 0 Å². The van der Waals surface area contributed by atoms with Crippen molar-refractivity contribution >= 4 is 17.8 Å². The third-order valence-corrected chi connectivity index (χ3v) is 14.7. The number of β-amino-alcohol motifs (C(OH)–C–C–N with tert-alkyl or cyclic N) is 2. The lowest BCUT2D eigenvalue weighted by atomic mass is 9.76. The van der Waals surface area contributed by atoms with E-state index in [0.29, 0.717) is 19.1 Å². The summed E-state index contributed by atoms with van der Waals surface area (Å²) < 4.78 is 0. The monoisotopic (exact) mass is 814 g/mol. The number of aliphatic hydroxyl groups is 2. The van der Waals surface area contributed by atoms with Crippen molar-refractivity contribution in [2.24, 2.45) is 0 Å². The van der Waals surface area contributed by atoms with Crippen LogP contribution < -0.4 is 14.7 Å². The van der Waals surface area contributed by atoms with Crippen molar-refractivity contribution in [1.29, 1.82) is 0 Å². The molecule has 11 heteroatoms. The second-order valence-corrected chi connectivity index (χ2v) is 22.2. The van der Waals surface area contributed by atoms with E-state index in [1.54, 1.807) is 0 Å². The molecule has 336 valence electrons. The van der Waals surface area contributed by atoms with E-state index in [2.05, 4.69) is 140 Å². The van der Waals surface area contributed by atoms with Crippen molar-refractivity contribution in [3.8, 4) is 0 Å². The lowest BCUT2D eigenvalue weighted by Crippen LogP contribution is -2.65. The fourth-order valence-electron chi connectivity index (χ4n) is 12.0. The van der Waals surface area contributed by atoms with Gasteiger partial charge in [0.15, 0.2) is 0 Å². The van der Waals surface area contributed by atoms with Gasteiger partial charge in [-0.1, -0.05) is 40.0 Å². The van der Waals surface area contributed by atoms with Crippen LogP contribution in [0.4, 0.5) is 17.8 Å². The Morgan fingerprint density at radius 2 is 0.707 bits per heavy atom. The van der Waals surface area contributed by atoms with Gasteiger partial charge in [0.1, 0.15) is 0 Å². The van der Waals surface area contributed by atoms with Crippen LogP contribution in [0.3, 0.4) is 0 Å². The highest BCUT2D eigenvalue weighted by molar-refractivity contribution is 5.49. The van der Waals surface area contributed by atoms with E-state index in [4.69, 9.17) is 15.0 Å². The summed E-state index contributed by atoms with van der Waals surface area (Å²) in [7, 11) is 2.30. The Hall–Kier alpha value is -1.79. The van der Waals surface area contributed by atoms with Gasteiger partial charge in [-0.25, -0.2) is 0 Å². The maximum absolute atomic E-state index is 10.1. The Labute approximate surface area is 356 Å². The number of likely N-dealkylation sites (tertiary alicyclic amines) is 3. The van der Waals surface area contributed by atoms with Gasteiger partial charge < -0.3 is 24.9 Å². The zero-order valence-corrected chi connectivity index (χ0v) is 40.6. The highest BCUT2D eigenvalue weighted by atomic mass is 16.3. The van der Waals surface area contributed by atoms with E-state index in [-0.39, 0.29) is 58.5 Å². The average molecular weight is 814 g/mol. The Kier molecular flexibility index (Phi) is 16.1. The largest absolute Gasteiger partial charge is 0.395 e. The highest BCUT2D eigenvalue weighted by Gasteiger charge is 2.50.